The molecule has 0 fully saturated rings. The highest BCUT2D eigenvalue weighted by molar-refractivity contribution is 6.14. The van der Waals surface area contributed by atoms with E-state index >= 15 is 0 Å². The van der Waals surface area contributed by atoms with Crippen LogP contribution in [0.2, 0.25) is 0 Å². The lowest BCUT2D eigenvalue weighted by Gasteiger charge is -2.36. The Hall–Kier alpha value is -3.29. The molecule has 1 N–H and O–H groups in total. The number of hydrogen-bond acceptors (Lipinski definition) is 8. The number of phenols is 1. The maximum absolute atomic E-state index is 13.6. The molecule has 0 bridgehead atoms. The lowest BCUT2D eigenvalue weighted by atomic mass is 9.68. The molecule has 0 unspecified atom stereocenters. The number of carbonyl (C=O) groups excluding carboxylic acids is 2. The normalized spacial score (nSPS) is 19.2. The van der Waals surface area contributed by atoms with E-state index in [4.69, 9.17) is 18.6 Å². The van der Waals surface area contributed by atoms with Crippen molar-refractivity contribution in [2.45, 2.75) is 51.9 Å². The van der Waals surface area contributed by atoms with Gasteiger partial charge in [0.1, 0.15) is 5.75 Å². The van der Waals surface area contributed by atoms with Gasteiger partial charge in [-0.15, -0.1) is 0 Å². The minimum absolute atomic E-state index is 0.0261. The number of fused-ring (bicyclic) bond motifs is 2. The largest absolute Gasteiger partial charge is 0.507 e. The van der Waals surface area contributed by atoms with Gasteiger partial charge in [0, 0.05) is 40.5 Å². The molecule has 1 heterocycles. The zero-order valence-electron chi connectivity index (χ0n) is 19.0. The molecular weight excluding hydrogens is 416 g/mol. The minimum atomic E-state index is -0.719. The summed E-state index contributed by atoms with van der Waals surface area (Å²) in [5.74, 6) is -1.25. The van der Waals surface area contributed by atoms with Gasteiger partial charge in [0.2, 0.25) is 5.78 Å². The van der Waals surface area contributed by atoms with Crippen LogP contribution in [0.15, 0.2) is 9.21 Å². The number of esters is 1. The molecule has 0 amide bonds. The van der Waals surface area contributed by atoms with Gasteiger partial charge in [0.15, 0.2) is 17.3 Å². The summed E-state index contributed by atoms with van der Waals surface area (Å²) in [7, 11) is 2.93. The molecule has 2 atom stereocenters. The van der Waals surface area contributed by atoms with Gasteiger partial charge in [-0.05, 0) is 25.3 Å². The zero-order chi connectivity index (χ0) is 23.5. The monoisotopic (exact) mass is 442 g/mol. The van der Waals surface area contributed by atoms with Crippen LogP contribution in [0, 0.1) is 6.92 Å². The molecule has 0 spiro atoms. The maximum Gasteiger partial charge on any atom is 0.339 e. The highest BCUT2D eigenvalue weighted by Gasteiger charge is 2.52. The average molecular weight is 442 g/mol. The van der Waals surface area contributed by atoms with Crippen LogP contribution in [0.4, 0.5) is 0 Å². The van der Waals surface area contributed by atoms with Crippen LogP contribution in [0.25, 0.3) is 0 Å². The number of ether oxygens (including phenoxy) is 3. The second-order valence-electron chi connectivity index (χ2n) is 8.64. The molecule has 2 aliphatic rings. The number of rotatable bonds is 5. The summed E-state index contributed by atoms with van der Waals surface area (Å²) in [5.41, 5.74) is 1.54. The maximum atomic E-state index is 13.6. The van der Waals surface area contributed by atoms with Crippen LogP contribution in [0.1, 0.15) is 77.0 Å². The number of carbonyl (C=O) groups is 2. The van der Waals surface area contributed by atoms with Crippen LogP contribution in [0.3, 0.4) is 0 Å². The second-order valence-corrected chi connectivity index (χ2v) is 8.64. The van der Waals surface area contributed by atoms with E-state index in [1.165, 1.54) is 21.1 Å². The third-order valence-corrected chi connectivity index (χ3v) is 6.75. The fourth-order valence-electron chi connectivity index (χ4n) is 5.23. The van der Waals surface area contributed by atoms with Gasteiger partial charge >= 0.3 is 11.6 Å². The Morgan fingerprint density at radius 2 is 1.84 bits per heavy atom. The number of hydrogen-bond donors (Lipinski definition) is 1. The molecule has 2 aliphatic carbocycles. The molecule has 1 aromatic carbocycles. The van der Waals surface area contributed by atoms with Crippen LogP contribution in [-0.2, 0) is 21.4 Å². The fourth-order valence-corrected chi connectivity index (χ4v) is 5.23. The molecular formula is C24H26O8. The summed E-state index contributed by atoms with van der Waals surface area (Å²) in [6.45, 7) is 6.66. The van der Waals surface area contributed by atoms with Gasteiger partial charge in [-0.2, -0.15) is 0 Å². The summed E-state index contributed by atoms with van der Waals surface area (Å²) in [6.07, 6.45) is 1.20. The summed E-state index contributed by atoms with van der Waals surface area (Å²) in [6, 6.07) is 0. The van der Waals surface area contributed by atoms with Crippen molar-refractivity contribution in [2.24, 2.45) is 0 Å². The molecule has 0 saturated carbocycles. The van der Waals surface area contributed by atoms with E-state index in [0.29, 0.717) is 35.3 Å². The van der Waals surface area contributed by atoms with Gasteiger partial charge in [0.05, 0.1) is 26.4 Å². The van der Waals surface area contributed by atoms with Gasteiger partial charge in [-0.3, -0.25) is 9.59 Å². The first-order valence-electron chi connectivity index (χ1n) is 10.4. The molecule has 1 aromatic heterocycles. The average Bonchev–Trinajstić information content (AvgIpc) is 3.11. The summed E-state index contributed by atoms with van der Waals surface area (Å²) in [5, 5.41) is 11.4. The van der Waals surface area contributed by atoms with Gasteiger partial charge in [-0.1, -0.05) is 13.8 Å². The second kappa shape index (κ2) is 7.39. The Labute approximate surface area is 185 Å². The van der Waals surface area contributed by atoms with Gasteiger partial charge in [0.25, 0.3) is 0 Å². The van der Waals surface area contributed by atoms with Gasteiger partial charge < -0.3 is 23.7 Å². The number of ketones is 1. The van der Waals surface area contributed by atoms with Crippen molar-refractivity contribution >= 4 is 11.8 Å². The number of benzene rings is 1. The van der Waals surface area contributed by atoms with E-state index in [2.05, 4.69) is 0 Å². The van der Waals surface area contributed by atoms with Crippen molar-refractivity contribution in [1.29, 1.82) is 0 Å². The van der Waals surface area contributed by atoms with E-state index in [0.717, 1.165) is 5.56 Å². The Kier molecular flexibility index (Phi) is 5.07. The quantitative estimate of drug-likeness (QED) is 0.703. The molecule has 8 nitrogen and oxygen atoms in total. The Morgan fingerprint density at radius 1 is 1.19 bits per heavy atom. The Bertz CT molecular complexity index is 1220. The van der Waals surface area contributed by atoms with Crippen LogP contribution < -0.4 is 15.1 Å². The SMILES string of the molecule is COc1c(OC)c2c(c(O)c1[C@H](C)COC(C)=O)C(=O)c1oc(=O)c(C)c3c1[C@]2(C)CC3. The van der Waals surface area contributed by atoms with E-state index in [-0.39, 0.29) is 35.0 Å². The molecule has 2 aromatic rings. The number of phenolic OH excluding ortho intramolecular Hbond substituents is 1. The highest BCUT2D eigenvalue weighted by atomic mass is 16.5. The summed E-state index contributed by atoms with van der Waals surface area (Å²) in [4.78, 5) is 37.3. The Morgan fingerprint density at radius 3 is 2.44 bits per heavy atom. The van der Waals surface area contributed by atoms with Crippen molar-refractivity contribution in [3.05, 3.63) is 49.6 Å². The number of aromatic hydroxyl groups is 1. The molecule has 170 valence electrons. The highest BCUT2D eigenvalue weighted by Crippen LogP contribution is 2.59. The predicted octanol–water partition coefficient (Wildman–Crippen LogP) is 3.13. The standard InChI is InChI=1S/C24H26O8/c1-10(9-31-12(3)25)14-18(26)15-17(22(30-6)20(14)29-5)24(4)8-7-13-11(2)23(28)32-21(16(13)24)19(15)27/h10,26H,7-9H2,1-6H3/t10-,24+/m1/s1. The van der Waals surface area contributed by atoms with Crippen molar-refractivity contribution in [2.75, 3.05) is 20.8 Å². The van der Waals surface area contributed by atoms with Crippen molar-refractivity contribution in [1.82, 2.24) is 0 Å². The topological polar surface area (TPSA) is 112 Å². The van der Waals surface area contributed by atoms with Crippen LogP contribution >= 0.6 is 0 Å². The van der Waals surface area contributed by atoms with E-state index in [9.17, 15) is 19.5 Å². The summed E-state index contributed by atoms with van der Waals surface area (Å²) < 4.78 is 22.0. The molecule has 0 radical (unpaired) electrons. The lowest BCUT2D eigenvalue weighted by Crippen LogP contribution is -2.33. The van der Waals surface area contributed by atoms with Crippen molar-refractivity contribution in [3.8, 4) is 17.2 Å². The molecule has 0 aliphatic heterocycles. The third kappa shape index (κ3) is 2.78. The minimum Gasteiger partial charge on any atom is -0.507 e. The molecule has 0 saturated heterocycles. The first-order chi connectivity index (χ1) is 15.1. The molecule has 8 heteroatoms. The predicted molar refractivity (Wildman–Crippen MR) is 114 cm³/mol. The molecule has 4 rings (SSSR count). The lowest BCUT2D eigenvalue weighted by molar-refractivity contribution is -0.141. The van der Waals surface area contributed by atoms with Crippen LogP contribution in [-0.4, -0.2) is 37.7 Å². The first kappa shape index (κ1) is 21.9. The zero-order valence-corrected chi connectivity index (χ0v) is 19.0. The fraction of sp³-hybridized carbons (Fsp3) is 0.458. The van der Waals surface area contributed by atoms with Crippen molar-refractivity contribution < 1.29 is 33.3 Å². The van der Waals surface area contributed by atoms with Gasteiger partial charge in [-0.25, -0.2) is 4.79 Å². The molecule has 32 heavy (non-hydrogen) atoms. The van der Waals surface area contributed by atoms with Crippen molar-refractivity contribution in [3.63, 3.8) is 0 Å². The smallest absolute Gasteiger partial charge is 0.339 e. The van der Waals surface area contributed by atoms with E-state index in [1.807, 2.05) is 6.92 Å². The Balaban J connectivity index is 2.07. The van der Waals surface area contributed by atoms with E-state index < -0.39 is 28.7 Å². The van der Waals surface area contributed by atoms with Crippen LogP contribution in [0.5, 0.6) is 17.2 Å². The third-order valence-electron chi connectivity index (χ3n) is 6.75. The summed E-state index contributed by atoms with van der Waals surface area (Å²) >= 11 is 0. The first-order valence-corrected chi connectivity index (χ1v) is 10.4. The van der Waals surface area contributed by atoms with E-state index in [1.54, 1.807) is 13.8 Å². The number of methoxy groups -OCH3 is 2.